The molecule has 2 aromatic rings. The Bertz CT molecular complexity index is 637. The molecule has 6 heteroatoms. The number of ether oxygens (including phenoxy) is 1. The molecule has 1 fully saturated rings. The van der Waals surface area contributed by atoms with Gasteiger partial charge in [-0.3, -0.25) is 14.9 Å². The highest BCUT2D eigenvalue weighted by Crippen LogP contribution is 2.39. The quantitative estimate of drug-likeness (QED) is 0.887. The zero-order valence-corrected chi connectivity index (χ0v) is 12.8. The van der Waals surface area contributed by atoms with Gasteiger partial charge in [-0.05, 0) is 31.0 Å². The van der Waals surface area contributed by atoms with Gasteiger partial charge in [-0.15, -0.1) is 0 Å². The molecule has 1 aliphatic carbocycles. The van der Waals surface area contributed by atoms with Crippen LogP contribution in [0.15, 0.2) is 30.5 Å². The number of H-pyrrole nitrogens is 1. The van der Waals surface area contributed by atoms with E-state index < -0.39 is 0 Å². The number of likely N-dealkylation sites (N-methyl/N-ethyl adjacent to an activating group) is 1. The van der Waals surface area contributed by atoms with Gasteiger partial charge in [0.05, 0.1) is 18.3 Å². The molecule has 0 aromatic carbocycles. The van der Waals surface area contributed by atoms with Crippen LogP contribution in [-0.4, -0.2) is 46.8 Å². The van der Waals surface area contributed by atoms with Crippen LogP contribution in [0.2, 0.25) is 0 Å². The molecule has 1 atom stereocenters. The summed E-state index contributed by atoms with van der Waals surface area (Å²) in [4.78, 5) is 18.6. The van der Waals surface area contributed by atoms with Crippen LogP contribution in [0.1, 0.15) is 46.7 Å². The Labute approximate surface area is 129 Å². The highest BCUT2D eigenvalue weighted by atomic mass is 16.5. The maximum Gasteiger partial charge on any atom is 0.274 e. The van der Waals surface area contributed by atoms with Crippen molar-refractivity contribution in [2.24, 2.45) is 0 Å². The maximum absolute atomic E-state index is 12.7. The third-order valence-electron chi connectivity index (χ3n) is 3.98. The van der Waals surface area contributed by atoms with Crippen molar-refractivity contribution in [2.75, 3.05) is 20.8 Å². The number of carbonyl (C=O) groups is 1. The summed E-state index contributed by atoms with van der Waals surface area (Å²) in [6, 6.07) is 7.28. The average Bonchev–Trinajstić information content (AvgIpc) is 3.29. The van der Waals surface area contributed by atoms with Crippen LogP contribution in [0.3, 0.4) is 0 Å². The van der Waals surface area contributed by atoms with Crippen molar-refractivity contribution in [2.45, 2.75) is 24.8 Å². The maximum atomic E-state index is 12.7. The minimum Gasteiger partial charge on any atom is -0.382 e. The molecule has 1 aliphatic rings. The Kier molecular flexibility index (Phi) is 4.20. The van der Waals surface area contributed by atoms with Crippen molar-refractivity contribution in [3.05, 3.63) is 47.5 Å². The van der Waals surface area contributed by atoms with Gasteiger partial charge in [-0.1, -0.05) is 6.07 Å². The Hall–Kier alpha value is -2.21. The van der Waals surface area contributed by atoms with Crippen LogP contribution in [-0.2, 0) is 4.74 Å². The van der Waals surface area contributed by atoms with Gasteiger partial charge in [0.1, 0.15) is 5.69 Å². The third-order valence-corrected chi connectivity index (χ3v) is 3.98. The van der Waals surface area contributed by atoms with E-state index in [9.17, 15) is 4.79 Å². The number of methoxy groups -OCH3 is 1. The monoisotopic (exact) mass is 300 g/mol. The van der Waals surface area contributed by atoms with Crippen molar-refractivity contribution in [1.82, 2.24) is 20.1 Å². The second-order valence-electron chi connectivity index (χ2n) is 5.62. The number of nitrogens with zero attached hydrogens (tertiary/aromatic N) is 3. The smallest absolute Gasteiger partial charge is 0.274 e. The molecule has 0 saturated heterocycles. The van der Waals surface area contributed by atoms with E-state index >= 15 is 0 Å². The summed E-state index contributed by atoms with van der Waals surface area (Å²) in [5.74, 6) is 0.417. The summed E-state index contributed by atoms with van der Waals surface area (Å²) in [6.45, 7) is 0.388. The van der Waals surface area contributed by atoms with Crippen molar-refractivity contribution >= 4 is 5.91 Å². The predicted molar refractivity (Wildman–Crippen MR) is 81.5 cm³/mol. The van der Waals surface area contributed by atoms with Crippen molar-refractivity contribution in [3.63, 3.8) is 0 Å². The fraction of sp³-hybridized carbons (Fsp3) is 0.438. The number of hydrogen-bond acceptors (Lipinski definition) is 4. The topological polar surface area (TPSA) is 71.1 Å². The Balaban J connectivity index is 1.79. The standard InChI is InChI=1S/C16H20N4O2/c1-20(15(10-22-2)12-5-3-4-8-17-12)16(21)14-9-13(18-19-14)11-6-7-11/h3-5,8-9,11,15H,6-7,10H2,1-2H3,(H,18,19). The number of rotatable bonds is 6. The molecule has 3 rings (SSSR count). The number of amides is 1. The molecule has 22 heavy (non-hydrogen) atoms. The number of nitrogens with one attached hydrogen (secondary N) is 1. The number of pyridine rings is 1. The van der Waals surface area contributed by atoms with Crippen molar-refractivity contribution in [1.29, 1.82) is 0 Å². The summed E-state index contributed by atoms with van der Waals surface area (Å²) in [6.07, 6.45) is 4.06. The van der Waals surface area contributed by atoms with E-state index in [0.717, 1.165) is 11.4 Å². The molecule has 1 N–H and O–H groups in total. The molecule has 116 valence electrons. The van der Waals surface area contributed by atoms with E-state index in [4.69, 9.17) is 4.74 Å². The molecule has 2 heterocycles. The summed E-state index contributed by atoms with van der Waals surface area (Å²) in [5, 5.41) is 7.13. The van der Waals surface area contributed by atoms with Gasteiger partial charge in [0.15, 0.2) is 0 Å². The van der Waals surface area contributed by atoms with Crippen molar-refractivity contribution < 1.29 is 9.53 Å². The van der Waals surface area contributed by atoms with Gasteiger partial charge >= 0.3 is 0 Å². The predicted octanol–water partition coefficient (Wildman–Crippen LogP) is 2.14. The van der Waals surface area contributed by atoms with Gasteiger partial charge in [-0.25, -0.2) is 0 Å². The zero-order chi connectivity index (χ0) is 15.5. The second kappa shape index (κ2) is 6.27. The zero-order valence-electron chi connectivity index (χ0n) is 12.8. The number of carbonyl (C=O) groups excluding carboxylic acids is 1. The molecule has 1 amide bonds. The lowest BCUT2D eigenvalue weighted by atomic mass is 10.1. The van der Waals surface area contributed by atoms with E-state index in [1.807, 2.05) is 24.3 Å². The first-order chi connectivity index (χ1) is 10.7. The minimum absolute atomic E-state index is 0.129. The fourth-order valence-electron chi connectivity index (χ4n) is 2.50. The second-order valence-corrected chi connectivity index (χ2v) is 5.62. The Morgan fingerprint density at radius 1 is 1.50 bits per heavy atom. The van der Waals surface area contributed by atoms with Gasteiger partial charge in [-0.2, -0.15) is 5.10 Å². The van der Waals surface area contributed by atoms with Crippen LogP contribution in [0, 0.1) is 0 Å². The molecule has 0 aliphatic heterocycles. The van der Waals surface area contributed by atoms with E-state index in [0.29, 0.717) is 18.2 Å². The molecular weight excluding hydrogens is 280 g/mol. The summed E-state index contributed by atoms with van der Waals surface area (Å²) >= 11 is 0. The lowest BCUT2D eigenvalue weighted by Gasteiger charge is -2.26. The van der Waals surface area contributed by atoms with E-state index in [-0.39, 0.29) is 11.9 Å². The molecule has 0 bridgehead atoms. The third kappa shape index (κ3) is 3.01. The van der Waals surface area contributed by atoms with E-state index in [1.54, 1.807) is 25.3 Å². The number of aromatic nitrogens is 3. The van der Waals surface area contributed by atoms with Crippen LogP contribution >= 0.6 is 0 Å². The molecule has 0 spiro atoms. The van der Waals surface area contributed by atoms with Gasteiger partial charge in [0.25, 0.3) is 5.91 Å². The largest absolute Gasteiger partial charge is 0.382 e. The molecule has 6 nitrogen and oxygen atoms in total. The summed E-state index contributed by atoms with van der Waals surface area (Å²) in [5.41, 5.74) is 2.30. The Morgan fingerprint density at radius 3 is 2.95 bits per heavy atom. The summed E-state index contributed by atoms with van der Waals surface area (Å²) in [7, 11) is 3.38. The Morgan fingerprint density at radius 2 is 2.32 bits per heavy atom. The number of hydrogen-bond donors (Lipinski definition) is 1. The first-order valence-electron chi connectivity index (χ1n) is 7.43. The highest BCUT2D eigenvalue weighted by molar-refractivity contribution is 5.92. The van der Waals surface area contributed by atoms with Crippen LogP contribution < -0.4 is 0 Å². The molecule has 2 aromatic heterocycles. The highest BCUT2D eigenvalue weighted by Gasteiger charge is 2.29. The minimum atomic E-state index is -0.236. The van der Waals surface area contributed by atoms with Crippen LogP contribution in [0.25, 0.3) is 0 Å². The van der Waals surface area contributed by atoms with Gasteiger partial charge in [0.2, 0.25) is 0 Å². The van der Waals surface area contributed by atoms with Crippen LogP contribution in [0.4, 0.5) is 0 Å². The average molecular weight is 300 g/mol. The van der Waals surface area contributed by atoms with Crippen molar-refractivity contribution in [3.8, 4) is 0 Å². The first kappa shape index (κ1) is 14.7. The summed E-state index contributed by atoms with van der Waals surface area (Å²) < 4.78 is 5.26. The number of aromatic amines is 1. The lowest BCUT2D eigenvalue weighted by molar-refractivity contribution is 0.0589. The molecular formula is C16H20N4O2. The van der Waals surface area contributed by atoms with Gasteiger partial charge < -0.3 is 9.64 Å². The van der Waals surface area contributed by atoms with Crippen LogP contribution in [0.5, 0.6) is 0 Å². The molecule has 1 unspecified atom stereocenters. The molecule has 1 saturated carbocycles. The molecule has 0 radical (unpaired) electrons. The lowest BCUT2D eigenvalue weighted by Crippen LogP contribution is -2.34. The van der Waals surface area contributed by atoms with Gasteiger partial charge in [0, 0.05) is 32.0 Å². The van der Waals surface area contributed by atoms with E-state index in [1.165, 1.54) is 12.8 Å². The normalized spacial score (nSPS) is 15.5. The first-order valence-corrected chi connectivity index (χ1v) is 7.43. The fourth-order valence-corrected chi connectivity index (χ4v) is 2.50. The van der Waals surface area contributed by atoms with E-state index in [2.05, 4.69) is 15.2 Å². The SMILES string of the molecule is COCC(c1ccccn1)N(C)C(=O)c1cc(C2CC2)[nH]n1.